The number of halogens is 5. The van der Waals surface area contributed by atoms with Gasteiger partial charge in [0, 0.05) is 29.5 Å². The molecule has 10 heteroatoms. The van der Waals surface area contributed by atoms with Crippen molar-refractivity contribution in [2.75, 3.05) is 5.75 Å². The number of nitrogens with zero attached hydrogens (tertiary/aromatic N) is 2. The molecule has 2 aromatic heterocycles. The van der Waals surface area contributed by atoms with Gasteiger partial charge in [0.15, 0.2) is 0 Å². The van der Waals surface area contributed by atoms with E-state index in [-0.39, 0.29) is 16.7 Å². The van der Waals surface area contributed by atoms with E-state index in [1.807, 2.05) is 30.3 Å². The smallest absolute Gasteiger partial charge is 0.322 e. The van der Waals surface area contributed by atoms with Crippen LogP contribution in [0.4, 0.5) is 22.0 Å². The summed E-state index contributed by atoms with van der Waals surface area (Å²) in [5.41, 5.74) is 5.64. The van der Waals surface area contributed by atoms with Crippen molar-refractivity contribution >= 4 is 11.8 Å². The van der Waals surface area contributed by atoms with Crippen molar-refractivity contribution in [1.29, 1.82) is 0 Å². The SMILES string of the molecule is Cc1c(Cc2c(F)cccc2C(F)(F)F)c2n(c(=O)c1-c1cccnc1F)C(C(N)c1ccccc1)CS2. The van der Waals surface area contributed by atoms with Crippen molar-refractivity contribution < 1.29 is 22.0 Å². The van der Waals surface area contributed by atoms with Crippen molar-refractivity contribution in [2.24, 2.45) is 5.73 Å². The molecule has 0 amide bonds. The number of rotatable bonds is 5. The minimum absolute atomic E-state index is 0.0352. The van der Waals surface area contributed by atoms with Crippen LogP contribution in [0.5, 0.6) is 0 Å². The van der Waals surface area contributed by atoms with Gasteiger partial charge in [0.25, 0.3) is 5.56 Å². The minimum atomic E-state index is -4.79. The molecular weight excluding hydrogens is 521 g/mol. The molecule has 2 atom stereocenters. The first-order valence-electron chi connectivity index (χ1n) is 11.8. The van der Waals surface area contributed by atoms with E-state index in [4.69, 9.17) is 5.73 Å². The fourth-order valence-corrected chi connectivity index (χ4v) is 6.41. The molecule has 5 rings (SSSR count). The van der Waals surface area contributed by atoms with Gasteiger partial charge in [0.1, 0.15) is 5.82 Å². The predicted octanol–water partition coefficient (Wildman–Crippen LogP) is 6.45. The van der Waals surface area contributed by atoms with Gasteiger partial charge in [-0.15, -0.1) is 11.8 Å². The zero-order valence-corrected chi connectivity index (χ0v) is 20.9. The highest BCUT2D eigenvalue weighted by molar-refractivity contribution is 7.99. The fourth-order valence-electron chi connectivity index (χ4n) is 4.97. The third-order valence-electron chi connectivity index (χ3n) is 6.86. The van der Waals surface area contributed by atoms with Gasteiger partial charge in [-0.25, -0.2) is 9.37 Å². The summed E-state index contributed by atoms with van der Waals surface area (Å²) in [7, 11) is 0. The quantitative estimate of drug-likeness (QED) is 0.232. The first-order chi connectivity index (χ1) is 18.1. The fraction of sp³-hybridized carbons (Fsp3) is 0.214. The van der Waals surface area contributed by atoms with Crippen molar-refractivity contribution in [3.63, 3.8) is 0 Å². The molecule has 0 aliphatic carbocycles. The van der Waals surface area contributed by atoms with E-state index < -0.39 is 53.1 Å². The number of nitrogens with two attached hydrogens (primary N) is 1. The zero-order valence-electron chi connectivity index (χ0n) is 20.1. The van der Waals surface area contributed by atoms with Gasteiger partial charge in [-0.1, -0.05) is 36.4 Å². The second-order valence-electron chi connectivity index (χ2n) is 9.06. The van der Waals surface area contributed by atoms with Crippen molar-refractivity contribution in [3.8, 4) is 11.1 Å². The van der Waals surface area contributed by atoms with E-state index in [1.54, 1.807) is 6.92 Å². The Bertz CT molecular complexity index is 1570. The molecule has 2 unspecified atom stereocenters. The van der Waals surface area contributed by atoms with Gasteiger partial charge in [-0.3, -0.25) is 9.36 Å². The van der Waals surface area contributed by atoms with Crippen LogP contribution in [-0.2, 0) is 12.6 Å². The van der Waals surface area contributed by atoms with E-state index in [9.17, 15) is 26.7 Å². The van der Waals surface area contributed by atoms with E-state index in [0.29, 0.717) is 16.3 Å². The Morgan fingerprint density at radius 2 is 1.79 bits per heavy atom. The first kappa shape index (κ1) is 26.1. The molecule has 0 saturated heterocycles. The van der Waals surface area contributed by atoms with Crippen LogP contribution < -0.4 is 11.3 Å². The maximum absolute atomic E-state index is 14.9. The highest BCUT2D eigenvalue weighted by Crippen LogP contribution is 2.44. The van der Waals surface area contributed by atoms with Crippen LogP contribution >= 0.6 is 11.8 Å². The molecular formula is C28H22F5N3OS. The molecule has 0 radical (unpaired) electrons. The van der Waals surface area contributed by atoms with E-state index in [2.05, 4.69) is 4.98 Å². The summed E-state index contributed by atoms with van der Waals surface area (Å²) < 4.78 is 72.6. The Kier molecular flexibility index (Phi) is 6.87. The third-order valence-corrected chi connectivity index (χ3v) is 8.09. The topological polar surface area (TPSA) is 60.9 Å². The number of thioether (sulfide) groups is 1. The van der Waals surface area contributed by atoms with E-state index in [0.717, 1.165) is 23.8 Å². The summed E-state index contributed by atoms with van der Waals surface area (Å²) >= 11 is 1.27. The lowest BCUT2D eigenvalue weighted by Gasteiger charge is -2.25. The first-order valence-corrected chi connectivity index (χ1v) is 12.7. The Labute approximate surface area is 219 Å². The standard InChI is InChI=1S/C28H22F5N3OS/c1-15-18(13-19-20(28(31,32)33)10-5-11-21(19)29)27-36(26(37)23(15)17-9-6-12-35-25(17)30)22(14-38-27)24(34)16-7-3-2-4-8-16/h2-12,22,24H,13-14,34H2,1H3. The van der Waals surface area contributed by atoms with Crippen LogP contribution in [0, 0.1) is 18.7 Å². The average molecular weight is 544 g/mol. The third kappa shape index (κ3) is 4.52. The Morgan fingerprint density at radius 3 is 2.47 bits per heavy atom. The Hall–Kier alpha value is -3.50. The molecule has 3 heterocycles. The van der Waals surface area contributed by atoms with Crippen LogP contribution in [0.2, 0.25) is 0 Å². The van der Waals surface area contributed by atoms with Gasteiger partial charge in [-0.2, -0.15) is 17.6 Å². The summed E-state index contributed by atoms with van der Waals surface area (Å²) in [6.07, 6.45) is -4.00. The number of benzene rings is 2. The molecule has 1 aliphatic heterocycles. The van der Waals surface area contributed by atoms with Gasteiger partial charge < -0.3 is 5.73 Å². The second-order valence-corrected chi connectivity index (χ2v) is 10.1. The summed E-state index contributed by atoms with van der Waals surface area (Å²) in [6.45, 7) is 1.54. The normalized spacial score (nSPS) is 15.9. The average Bonchev–Trinajstić information content (AvgIpc) is 3.33. The Balaban J connectivity index is 1.77. The van der Waals surface area contributed by atoms with Gasteiger partial charge in [0.05, 0.1) is 28.2 Å². The number of aromatic nitrogens is 2. The lowest BCUT2D eigenvalue weighted by Crippen LogP contribution is -2.33. The summed E-state index contributed by atoms with van der Waals surface area (Å²) in [5.74, 6) is -1.55. The molecule has 0 bridgehead atoms. The number of hydrogen-bond acceptors (Lipinski definition) is 4. The van der Waals surface area contributed by atoms with E-state index in [1.165, 1.54) is 34.7 Å². The molecule has 196 valence electrons. The molecule has 4 nitrogen and oxygen atoms in total. The largest absolute Gasteiger partial charge is 0.416 e. The summed E-state index contributed by atoms with van der Waals surface area (Å²) in [5, 5.41) is 0.397. The molecule has 0 spiro atoms. The van der Waals surface area contributed by atoms with Gasteiger partial charge in [0.2, 0.25) is 5.95 Å². The monoisotopic (exact) mass is 543 g/mol. The lowest BCUT2D eigenvalue weighted by molar-refractivity contribution is -0.138. The van der Waals surface area contributed by atoms with Crippen LogP contribution in [0.3, 0.4) is 0 Å². The van der Waals surface area contributed by atoms with Crippen molar-refractivity contribution in [3.05, 3.63) is 117 Å². The van der Waals surface area contributed by atoms with Crippen LogP contribution in [0.1, 0.15) is 39.9 Å². The summed E-state index contributed by atoms with van der Waals surface area (Å²) in [6, 6.07) is 13.6. The van der Waals surface area contributed by atoms with Crippen LogP contribution in [0.15, 0.2) is 76.7 Å². The maximum Gasteiger partial charge on any atom is 0.416 e. The zero-order chi connectivity index (χ0) is 27.2. The van der Waals surface area contributed by atoms with Crippen LogP contribution in [-0.4, -0.2) is 15.3 Å². The number of hydrogen-bond donors (Lipinski definition) is 1. The molecule has 38 heavy (non-hydrogen) atoms. The van der Waals surface area contributed by atoms with Gasteiger partial charge in [-0.05, 0) is 47.9 Å². The van der Waals surface area contributed by atoms with Crippen molar-refractivity contribution in [2.45, 2.75) is 36.6 Å². The van der Waals surface area contributed by atoms with E-state index >= 15 is 0 Å². The van der Waals surface area contributed by atoms with Crippen molar-refractivity contribution in [1.82, 2.24) is 9.55 Å². The molecule has 1 aliphatic rings. The number of pyridine rings is 2. The molecule has 4 aromatic rings. The van der Waals surface area contributed by atoms with Crippen LogP contribution in [0.25, 0.3) is 11.1 Å². The highest BCUT2D eigenvalue weighted by Gasteiger charge is 2.38. The number of alkyl halides is 3. The highest BCUT2D eigenvalue weighted by atomic mass is 32.2. The summed E-state index contributed by atoms with van der Waals surface area (Å²) in [4.78, 5) is 17.6. The Morgan fingerprint density at radius 1 is 1.05 bits per heavy atom. The number of fused-ring (bicyclic) bond motifs is 1. The van der Waals surface area contributed by atoms with Gasteiger partial charge >= 0.3 is 6.18 Å². The molecule has 0 saturated carbocycles. The predicted molar refractivity (Wildman–Crippen MR) is 136 cm³/mol. The minimum Gasteiger partial charge on any atom is -0.322 e. The second kappa shape index (κ2) is 9.99. The maximum atomic E-state index is 14.9. The molecule has 0 fully saturated rings. The molecule has 2 N–H and O–H groups in total. The lowest BCUT2D eigenvalue weighted by atomic mass is 9.92. The molecule has 2 aromatic carbocycles.